The summed E-state index contributed by atoms with van der Waals surface area (Å²) in [7, 11) is 0. The number of hydrogen-bond acceptors (Lipinski definition) is 3. The minimum Gasteiger partial charge on any atom is -0.313 e. The minimum atomic E-state index is -0.227. The molecule has 0 fully saturated rings. The molecular formula is C14H31NO2. The summed E-state index contributed by atoms with van der Waals surface area (Å²) >= 11 is 0. The van der Waals surface area contributed by atoms with E-state index in [0.29, 0.717) is 19.4 Å². The quantitative estimate of drug-likeness (QED) is 0.747. The lowest BCUT2D eigenvalue weighted by Gasteiger charge is -2.29. The molecule has 3 nitrogen and oxygen atoms in total. The van der Waals surface area contributed by atoms with Gasteiger partial charge in [0, 0.05) is 24.9 Å². The summed E-state index contributed by atoms with van der Waals surface area (Å²) < 4.78 is 0. The van der Waals surface area contributed by atoms with E-state index in [2.05, 4.69) is 20.8 Å². The van der Waals surface area contributed by atoms with Crippen molar-refractivity contribution in [3.63, 3.8) is 0 Å². The highest BCUT2D eigenvalue weighted by Gasteiger charge is 2.18. The van der Waals surface area contributed by atoms with Crippen LogP contribution in [0, 0.1) is 5.92 Å². The molecule has 3 heteroatoms. The third kappa shape index (κ3) is 15.6. The molecule has 0 rings (SSSR count). The number of hydroxylamine groups is 2. The van der Waals surface area contributed by atoms with Crippen molar-refractivity contribution in [3.05, 3.63) is 0 Å². The van der Waals surface area contributed by atoms with Gasteiger partial charge in [0.15, 0.2) is 0 Å². The Morgan fingerprint density at radius 3 is 1.94 bits per heavy atom. The van der Waals surface area contributed by atoms with Crippen LogP contribution in [0.5, 0.6) is 0 Å². The molecule has 0 aromatic carbocycles. The molecule has 0 heterocycles. The minimum absolute atomic E-state index is 0.227. The predicted molar refractivity (Wildman–Crippen MR) is 73.3 cm³/mol. The van der Waals surface area contributed by atoms with Gasteiger partial charge in [-0.05, 0) is 33.1 Å². The highest BCUT2D eigenvalue weighted by atomic mass is 16.5. The molecule has 0 aliphatic carbocycles. The summed E-state index contributed by atoms with van der Waals surface area (Å²) in [5.41, 5.74) is -0.227. The van der Waals surface area contributed by atoms with Crippen molar-refractivity contribution in [2.45, 2.75) is 73.3 Å². The molecule has 0 aromatic heterocycles. The summed E-state index contributed by atoms with van der Waals surface area (Å²) in [6, 6.07) is 0. The summed E-state index contributed by atoms with van der Waals surface area (Å²) in [5, 5.41) is 10.8. The van der Waals surface area contributed by atoms with Gasteiger partial charge < -0.3 is 5.21 Å². The van der Waals surface area contributed by atoms with Crippen LogP contribution in [-0.2, 0) is 4.79 Å². The van der Waals surface area contributed by atoms with E-state index in [1.165, 1.54) is 5.06 Å². The molecule has 0 spiro atoms. The SMILES string of the molecule is CC(C)C.CCC(=O)CCCN(O)C(C)(C)C. The van der Waals surface area contributed by atoms with Crippen LogP contribution in [0.1, 0.15) is 67.7 Å². The van der Waals surface area contributed by atoms with Gasteiger partial charge in [0.05, 0.1) is 0 Å². The van der Waals surface area contributed by atoms with Crippen LogP contribution in [-0.4, -0.2) is 28.1 Å². The van der Waals surface area contributed by atoms with Crippen molar-refractivity contribution in [2.24, 2.45) is 5.92 Å². The Labute approximate surface area is 107 Å². The van der Waals surface area contributed by atoms with Gasteiger partial charge in [-0.3, -0.25) is 4.79 Å². The first kappa shape index (κ1) is 18.9. The van der Waals surface area contributed by atoms with Crippen molar-refractivity contribution in [1.82, 2.24) is 5.06 Å². The molecule has 0 bridgehead atoms. The second kappa shape index (κ2) is 9.60. The second-order valence-corrected chi connectivity index (χ2v) is 6.02. The van der Waals surface area contributed by atoms with Crippen LogP contribution >= 0.6 is 0 Å². The van der Waals surface area contributed by atoms with E-state index in [1.54, 1.807) is 0 Å². The molecule has 0 aliphatic heterocycles. The number of nitrogens with zero attached hydrogens (tertiary/aromatic N) is 1. The highest BCUT2D eigenvalue weighted by Crippen LogP contribution is 2.10. The zero-order valence-electron chi connectivity index (χ0n) is 12.7. The highest BCUT2D eigenvalue weighted by molar-refractivity contribution is 5.77. The molecule has 0 unspecified atom stereocenters. The van der Waals surface area contributed by atoms with E-state index < -0.39 is 0 Å². The fourth-order valence-corrected chi connectivity index (χ4v) is 0.938. The van der Waals surface area contributed by atoms with Crippen LogP contribution in [0.25, 0.3) is 0 Å². The first-order valence-corrected chi connectivity index (χ1v) is 6.59. The summed E-state index contributed by atoms with van der Waals surface area (Å²) in [5.74, 6) is 1.10. The average molecular weight is 245 g/mol. The Bertz CT molecular complexity index is 192. The first-order chi connectivity index (χ1) is 7.61. The number of Topliss-reactive ketones (excluding diaryl/α,β-unsaturated/α-hetero) is 1. The third-order valence-electron chi connectivity index (χ3n) is 1.99. The lowest BCUT2D eigenvalue weighted by atomic mass is 10.1. The molecule has 0 saturated carbocycles. The maximum absolute atomic E-state index is 10.9. The number of ketones is 1. The van der Waals surface area contributed by atoms with E-state index >= 15 is 0 Å². The van der Waals surface area contributed by atoms with E-state index in [4.69, 9.17) is 0 Å². The van der Waals surface area contributed by atoms with Gasteiger partial charge in [-0.15, -0.1) is 0 Å². The molecular weight excluding hydrogens is 214 g/mol. The second-order valence-electron chi connectivity index (χ2n) is 6.02. The van der Waals surface area contributed by atoms with Crippen LogP contribution < -0.4 is 0 Å². The molecule has 0 saturated heterocycles. The largest absolute Gasteiger partial charge is 0.313 e. The molecule has 0 aliphatic rings. The molecule has 104 valence electrons. The van der Waals surface area contributed by atoms with Crippen LogP contribution in [0.15, 0.2) is 0 Å². The maximum Gasteiger partial charge on any atom is 0.132 e. The Morgan fingerprint density at radius 1 is 1.24 bits per heavy atom. The smallest absolute Gasteiger partial charge is 0.132 e. The Hall–Kier alpha value is -0.410. The molecule has 17 heavy (non-hydrogen) atoms. The van der Waals surface area contributed by atoms with Crippen molar-refractivity contribution >= 4 is 5.78 Å². The number of hydrogen-bond donors (Lipinski definition) is 1. The molecule has 0 radical (unpaired) electrons. The lowest BCUT2D eigenvalue weighted by molar-refractivity contribution is -0.156. The first-order valence-electron chi connectivity index (χ1n) is 6.59. The average Bonchev–Trinajstić information content (AvgIpc) is 2.14. The number of rotatable bonds is 5. The van der Waals surface area contributed by atoms with E-state index in [9.17, 15) is 10.0 Å². The maximum atomic E-state index is 10.9. The standard InChI is InChI=1S/C10H21NO2.C4H10/c1-5-9(12)7-6-8-11(13)10(2,3)4;1-4(2)3/h13H,5-8H2,1-4H3;4H,1-3H3. The Balaban J connectivity index is 0. The molecule has 0 aromatic rings. The molecule has 0 atom stereocenters. The zero-order valence-corrected chi connectivity index (χ0v) is 12.7. The monoisotopic (exact) mass is 245 g/mol. The van der Waals surface area contributed by atoms with E-state index in [1.807, 2.05) is 27.7 Å². The number of carbonyl (C=O) groups is 1. The van der Waals surface area contributed by atoms with Crippen molar-refractivity contribution in [1.29, 1.82) is 0 Å². The summed E-state index contributed by atoms with van der Waals surface area (Å²) in [6.45, 7) is 14.7. The molecule has 0 amide bonds. The summed E-state index contributed by atoms with van der Waals surface area (Å²) in [6.07, 6.45) is 1.91. The van der Waals surface area contributed by atoms with Gasteiger partial charge in [-0.2, -0.15) is 5.06 Å². The van der Waals surface area contributed by atoms with Crippen LogP contribution in [0.2, 0.25) is 0 Å². The fourth-order valence-electron chi connectivity index (χ4n) is 0.938. The van der Waals surface area contributed by atoms with Gasteiger partial charge in [0.2, 0.25) is 0 Å². The van der Waals surface area contributed by atoms with Gasteiger partial charge in [0.25, 0.3) is 0 Å². The lowest BCUT2D eigenvalue weighted by Crippen LogP contribution is -2.39. The van der Waals surface area contributed by atoms with Crippen LogP contribution in [0.4, 0.5) is 0 Å². The van der Waals surface area contributed by atoms with Crippen molar-refractivity contribution in [2.75, 3.05) is 6.54 Å². The number of carbonyl (C=O) groups excluding carboxylic acids is 1. The van der Waals surface area contributed by atoms with Crippen LogP contribution in [0.3, 0.4) is 0 Å². The van der Waals surface area contributed by atoms with E-state index in [-0.39, 0.29) is 11.3 Å². The van der Waals surface area contributed by atoms with E-state index in [0.717, 1.165) is 12.3 Å². The van der Waals surface area contributed by atoms with Crippen molar-refractivity contribution in [3.8, 4) is 0 Å². The Morgan fingerprint density at radius 2 is 1.65 bits per heavy atom. The zero-order chi connectivity index (χ0) is 14.1. The topological polar surface area (TPSA) is 40.5 Å². The Kier molecular flexibility index (Phi) is 10.7. The van der Waals surface area contributed by atoms with Crippen molar-refractivity contribution < 1.29 is 10.0 Å². The van der Waals surface area contributed by atoms with Gasteiger partial charge in [-0.1, -0.05) is 27.7 Å². The van der Waals surface area contributed by atoms with Gasteiger partial charge in [-0.25, -0.2) is 0 Å². The molecule has 1 N–H and O–H groups in total. The van der Waals surface area contributed by atoms with Gasteiger partial charge in [0.1, 0.15) is 5.78 Å². The predicted octanol–water partition coefficient (Wildman–Crippen LogP) is 3.90. The van der Waals surface area contributed by atoms with Gasteiger partial charge >= 0.3 is 0 Å². The fraction of sp³-hybridized carbons (Fsp3) is 0.929. The third-order valence-corrected chi connectivity index (χ3v) is 1.99. The normalized spacial score (nSPS) is 11.4. The summed E-state index contributed by atoms with van der Waals surface area (Å²) in [4.78, 5) is 10.9.